The summed E-state index contributed by atoms with van der Waals surface area (Å²) in [5, 5.41) is 7.10. The summed E-state index contributed by atoms with van der Waals surface area (Å²) < 4.78 is 3.15. The minimum absolute atomic E-state index is 0.0845. The molecule has 3 aliphatic rings. The van der Waals surface area contributed by atoms with Crippen LogP contribution in [0.4, 0.5) is 0 Å². The van der Waals surface area contributed by atoms with Crippen molar-refractivity contribution in [2.24, 2.45) is 7.05 Å². The molecular formula is C29H27N5O2. The molecular weight excluding hydrogens is 450 g/mol. The second-order valence-corrected chi connectivity index (χ2v) is 9.36. The van der Waals surface area contributed by atoms with Crippen LogP contribution in [-0.4, -0.2) is 56.2 Å². The maximum absolute atomic E-state index is 13.6. The van der Waals surface area contributed by atoms with Gasteiger partial charge in [0.15, 0.2) is 0 Å². The van der Waals surface area contributed by atoms with E-state index in [1.54, 1.807) is 17.0 Å². The van der Waals surface area contributed by atoms with Gasteiger partial charge in [-0.15, -0.1) is 0 Å². The first-order valence-electron chi connectivity index (χ1n) is 12.2. The van der Waals surface area contributed by atoms with Gasteiger partial charge in [0.1, 0.15) is 5.69 Å². The predicted octanol–water partition coefficient (Wildman–Crippen LogP) is 3.79. The van der Waals surface area contributed by atoms with Gasteiger partial charge in [-0.05, 0) is 28.5 Å². The SMILES string of the molecule is Cn1cc(C(=O)N2CCN(Cc3cccc4ccccc34)CC2)c2nn(-c3ccccc3)c(=O)c-2c1. The number of amides is 1. The van der Waals surface area contributed by atoms with Crippen LogP contribution < -0.4 is 5.56 Å². The molecule has 0 saturated carbocycles. The third-order valence-corrected chi connectivity index (χ3v) is 6.96. The lowest BCUT2D eigenvalue weighted by atomic mass is 10.0. The number of rotatable bonds is 4. The van der Waals surface area contributed by atoms with E-state index in [9.17, 15) is 9.59 Å². The number of aromatic nitrogens is 3. The molecule has 0 aromatic heterocycles. The maximum Gasteiger partial charge on any atom is 0.282 e. The Kier molecular flexibility index (Phi) is 5.62. The zero-order chi connectivity index (χ0) is 24.6. The van der Waals surface area contributed by atoms with Crippen molar-refractivity contribution in [2.75, 3.05) is 26.2 Å². The number of hydrogen-bond donors (Lipinski definition) is 0. The lowest BCUT2D eigenvalue weighted by molar-refractivity contribution is 0.0628. The summed E-state index contributed by atoms with van der Waals surface area (Å²) in [6.07, 6.45) is 3.51. The molecule has 0 spiro atoms. The van der Waals surface area contributed by atoms with Crippen LogP contribution in [0.2, 0.25) is 0 Å². The van der Waals surface area contributed by atoms with E-state index in [4.69, 9.17) is 0 Å². The molecule has 1 saturated heterocycles. The highest BCUT2D eigenvalue weighted by Gasteiger charge is 2.29. The Morgan fingerprint density at radius 2 is 1.58 bits per heavy atom. The van der Waals surface area contributed by atoms with Crippen molar-refractivity contribution in [1.29, 1.82) is 0 Å². The van der Waals surface area contributed by atoms with E-state index in [-0.39, 0.29) is 11.5 Å². The van der Waals surface area contributed by atoms with Crippen molar-refractivity contribution in [2.45, 2.75) is 6.54 Å². The van der Waals surface area contributed by atoms with Gasteiger partial charge in [-0.25, -0.2) is 0 Å². The molecule has 0 aliphatic carbocycles. The van der Waals surface area contributed by atoms with Crippen LogP contribution in [0.15, 0.2) is 90.0 Å². The van der Waals surface area contributed by atoms with Gasteiger partial charge in [0, 0.05) is 52.2 Å². The summed E-state index contributed by atoms with van der Waals surface area (Å²) in [5.41, 5.74) is 3.12. The van der Waals surface area contributed by atoms with Gasteiger partial charge in [-0.2, -0.15) is 9.78 Å². The van der Waals surface area contributed by atoms with Crippen molar-refractivity contribution >= 4 is 16.7 Å². The second-order valence-electron chi connectivity index (χ2n) is 9.36. The molecule has 0 bridgehead atoms. The topological polar surface area (TPSA) is 63.4 Å². The lowest BCUT2D eigenvalue weighted by Gasteiger charge is -2.35. The first-order chi connectivity index (χ1) is 17.6. The minimum Gasteiger partial charge on any atom is -0.356 e. The second kappa shape index (κ2) is 9.09. The summed E-state index contributed by atoms with van der Waals surface area (Å²) in [6, 6.07) is 24.2. The molecule has 180 valence electrons. The molecule has 7 heteroatoms. The minimum atomic E-state index is -0.221. The fourth-order valence-corrected chi connectivity index (χ4v) is 5.09. The highest BCUT2D eigenvalue weighted by atomic mass is 16.2. The molecule has 6 rings (SSSR count). The fourth-order valence-electron chi connectivity index (χ4n) is 5.09. The molecule has 0 atom stereocenters. The quantitative estimate of drug-likeness (QED) is 0.395. The van der Waals surface area contributed by atoms with Crippen LogP contribution in [0.1, 0.15) is 15.9 Å². The standard InChI is InChI=1S/C29H27N5O2/c1-31-19-25(27-26(20-31)29(36)34(30-27)23-11-3-2-4-12-23)28(35)33-16-14-32(15-17-33)18-22-10-7-9-21-8-5-6-13-24(21)22/h2-13,19-20H,14-18H2,1H3. The average molecular weight is 478 g/mol. The van der Waals surface area contributed by atoms with Crippen molar-refractivity contribution in [3.63, 3.8) is 0 Å². The fraction of sp³-hybridized carbons (Fsp3) is 0.207. The number of pyridine rings is 1. The molecule has 3 aromatic rings. The van der Waals surface area contributed by atoms with E-state index >= 15 is 0 Å². The van der Waals surface area contributed by atoms with Crippen molar-refractivity contribution in [1.82, 2.24) is 24.1 Å². The summed E-state index contributed by atoms with van der Waals surface area (Å²) in [6.45, 7) is 3.71. The van der Waals surface area contributed by atoms with Gasteiger partial charge in [0.25, 0.3) is 11.5 Å². The van der Waals surface area contributed by atoms with Crippen molar-refractivity contribution in [3.05, 3.63) is 107 Å². The smallest absolute Gasteiger partial charge is 0.282 e. The van der Waals surface area contributed by atoms with Crippen LogP contribution in [0.25, 0.3) is 27.7 Å². The molecule has 1 amide bonds. The largest absolute Gasteiger partial charge is 0.356 e. The van der Waals surface area contributed by atoms with Gasteiger partial charge >= 0.3 is 0 Å². The first kappa shape index (κ1) is 22.2. The monoisotopic (exact) mass is 477 g/mol. The van der Waals surface area contributed by atoms with Gasteiger partial charge in [-0.1, -0.05) is 60.7 Å². The Hall–Kier alpha value is -4.23. The van der Waals surface area contributed by atoms with Crippen LogP contribution in [0.5, 0.6) is 0 Å². The number of para-hydroxylation sites is 1. The Balaban J connectivity index is 1.22. The number of aryl methyl sites for hydroxylation is 1. The third kappa shape index (κ3) is 3.97. The van der Waals surface area contributed by atoms with E-state index in [0.717, 1.165) is 19.6 Å². The summed E-state index contributed by atoms with van der Waals surface area (Å²) >= 11 is 0. The molecule has 0 N–H and O–H groups in total. The molecule has 36 heavy (non-hydrogen) atoms. The third-order valence-electron chi connectivity index (χ3n) is 6.96. The molecule has 7 nitrogen and oxygen atoms in total. The summed E-state index contributed by atoms with van der Waals surface area (Å²) in [5.74, 6) is -0.0845. The molecule has 3 aliphatic heterocycles. The van der Waals surface area contributed by atoms with Gasteiger partial charge in [0.05, 0.1) is 16.8 Å². The van der Waals surface area contributed by atoms with Gasteiger partial charge < -0.3 is 9.47 Å². The van der Waals surface area contributed by atoms with E-state index in [1.165, 1.54) is 21.0 Å². The Bertz CT molecular complexity index is 1570. The molecule has 3 heterocycles. The molecule has 1 fully saturated rings. The Morgan fingerprint density at radius 1 is 0.861 bits per heavy atom. The van der Waals surface area contributed by atoms with Crippen LogP contribution in [0.3, 0.4) is 0 Å². The highest BCUT2D eigenvalue weighted by Crippen LogP contribution is 2.25. The number of benzene rings is 3. The van der Waals surface area contributed by atoms with E-state index < -0.39 is 0 Å². The first-order valence-corrected chi connectivity index (χ1v) is 12.2. The van der Waals surface area contributed by atoms with Crippen molar-refractivity contribution < 1.29 is 4.79 Å². The lowest BCUT2D eigenvalue weighted by Crippen LogP contribution is -2.48. The van der Waals surface area contributed by atoms with E-state index in [2.05, 4.69) is 52.5 Å². The van der Waals surface area contributed by atoms with E-state index in [0.29, 0.717) is 35.6 Å². The van der Waals surface area contributed by atoms with Crippen molar-refractivity contribution in [3.8, 4) is 16.9 Å². The maximum atomic E-state index is 13.6. The summed E-state index contributed by atoms with van der Waals surface area (Å²) in [7, 11) is 1.83. The van der Waals surface area contributed by atoms with Crippen LogP contribution in [0, 0.1) is 0 Å². The zero-order valence-electron chi connectivity index (χ0n) is 20.2. The number of carbonyl (C=O) groups is 1. The number of piperazine rings is 1. The molecule has 0 unspecified atom stereocenters. The number of hydrogen-bond acceptors (Lipinski definition) is 4. The zero-order valence-corrected chi connectivity index (χ0v) is 20.2. The van der Waals surface area contributed by atoms with Gasteiger partial charge in [0.2, 0.25) is 0 Å². The van der Waals surface area contributed by atoms with E-state index in [1.807, 2.05) is 42.3 Å². The predicted molar refractivity (Wildman–Crippen MR) is 141 cm³/mol. The van der Waals surface area contributed by atoms with Crippen LogP contribution >= 0.6 is 0 Å². The summed E-state index contributed by atoms with van der Waals surface area (Å²) in [4.78, 5) is 31.0. The number of nitrogens with zero attached hydrogens (tertiary/aromatic N) is 5. The highest BCUT2D eigenvalue weighted by molar-refractivity contribution is 6.00. The average Bonchev–Trinajstić information content (AvgIpc) is 3.25. The Morgan fingerprint density at radius 3 is 2.39 bits per heavy atom. The molecule has 3 aromatic carbocycles. The van der Waals surface area contributed by atoms with Gasteiger partial charge in [-0.3, -0.25) is 14.5 Å². The Labute approximate surface area is 209 Å². The normalized spacial score (nSPS) is 14.5. The number of carbonyl (C=O) groups excluding carboxylic acids is 1. The van der Waals surface area contributed by atoms with Crippen LogP contribution in [-0.2, 0) is 13.6 Å². The number of fused-ring (bicyclic) bond motifs is 2. The molecule has 0 radical (unpaired) electrons.